The van der Waals surface area contributed by atoms with Crippen molar-refractivity contribution in [3.05, 3.63) is 34.8 Å². The predicted octanol–water partition coefficient (Wildman–Crippen LogP) is 3.74. The molecule has 0 aliphatic carbocycles. The Morgan fingerprint density at radius 3 is 2.61 bits per heavy atom. The molecule has 1 aromatic carbocycles. The lowest BCUT2D eigenvalue weighted by atomic mass is 9.96. The topological polar surface area (TPSA) is 48.4 Å². The first kappa shape index (κ1) is 17.3. The van der Waals surface area contributed by atoms with Crippen LogP contribution in [0.15, 0.2) is 12.1 Å². The van der Waals surface area contributed by atoms with E-state index in [1.54, 1.807) is 13.0 Å². The van der Waals surface area contributed by atoms with Gasteiger partial charge in [0.2, 0.25) is 0 Å². The Bertz CT molecular complexity index is 741. The fourth-order valence-corrected chi connectivity index (χ4v) is 2.57. The van der Waals surface area contributed by atoms with Crippen molar-refractivity contribution in [1.29, 1.82) is 0 Å². The smallest absolute Gasteiger partial charge is 0.337 e. The summed E-state index contributed by atoms with van der Waals surface area (Å²) in [5, 5.41) is 0.575. The SMILES string of the molecule is COCC(=O)Oc1c(C)c(C)nc2c(F)ccc(CC(C)C)c12. The average molecular weight is 319 g/mol. The van der Waals surface area contributed by atoms with Gasteiger partial charge in [-0.15, -0.1) is 0 Å². The number of carbonyl (C=O) groups is 1. The summed E-state index contributed by atoms with van der Waals surface area (Å²) in [4.78, 5) is 16.2. The minimum absolute atomic E-state index is 0.156. The minimum atomic E-state index is -0.512. The van der Waals surface area contributed by atoms with Gasteiger partial charge in [0.15, 0.2) is 0 Å². The molecule has 0 unspecified atom stereocenters. The van der Waals surface area contributed by atoms with Crippen LogP contribution in [0.3, 0.4) is 0 Å². The molecule has 0 N–H and O–H groups in total. The minimum Gasteiger partial charge on any atom is -0.424 e. The van der Waals surface area contributed by atoms with Crippen molar-refractivity contribution in [3.8, 4) is 5.75 Å². The summed E-state index contributed by atoms with van der Waals surface area (Å²) >= 11 is 0. The number of aryl methyl sites for hydroxylation is 1. The second-order valence-electron chi connectivity index (χ2n) is 6.09. The summed E-state index contributed by atoms with van der Waals surface area (Å²) in [6, 6.07) is 3.16. The number of rotatable bonds is 5. The number of pyridine rings is 1. The van der Waals surface area contributed by atoms with Crippen molar-refractivity contribution >= 4 is 16.9 Å². The van der Waals surface area contributed by atoms with Gasteiger partial charge in [-0.3, -0.25) is 0 Å². The molecule has 124 valence electrons. The molecular weight excluding hydrogens is 297 g/mol. The van der Waals surface area contributed by atoms with Crippen LogP contribution in [0, 0.1) is 25.6 Å². The third kappa shape index (κ3) is 3.67. The first-order chi connectivity index (χ1) is 10.8. The Hall–Kier alpha value is -2.01. The highest BCUT2D eigenvalue weighted by molar-refractivity contribution is 5.92. The molecule has 1 heterocycles. The van der Waals surface area contributed by atoms with Crippen molar-refractivity contribution in [1.82, 2.24) is 4.98 Å². The van der Waals surface area contributed by atoms with Crippen molar-refractivity contribution in [2.75, 3.05) is 13.7 Å². The van der Waals surface area contributed by atoms with E-state index in [4.69, 9.17) is 9.47 Å². The Morgan fingerprint density at radius 1 is 1.30 bits per heavy atom. The van der Waals surface area contributed by atoms with Crippen LogP contribution in [0.2, 0.25) is 0 Å². The number of methoxy groups -OCH3 is 1. The first-order valence-electron chi connectivity index (χ1n) is 7.63. The van der Waals surface area contributed by atoms with E-state index in [0.717, 1.165) is 17.5 Å². The molecule has 0 aliphatic rings. The van der Waals surface area contributed by atoms with Crippen molar-refractivity contribution in [2.24, 2.45) is 5.92 Å². The zero-order chi connectivity index (χ0) is 17.1. The lowest BCUT2D eigenvalue weighted by Crippen LogP contribution is -2.16. The maximum absolute atomic E-state index is 14.3. The van der Waals surface area contributed by atoms with Gasteiger partial charge >= 0.3 is 5.97 Å². The number of aromatic nitrogens is 1. The number of benzene rings is 1. The molecule has 1 aromatic heterocycles. The van der Waals surface area contributed by atoms with Gasteiger partial charge in [-0.1, -0.05) is 19.9 Å². The van der Waals surface area contributed by atoms with Gasteiger partial charge in [0, 0.05) is 23.8 Å². The van der Waals surface area contributed by atoms with Crippen LogP contribution >= 0.6 is 0 Å². The molecule has 0 atom stereocenters. The van der Waals surface area contributed by atoms with E-state index in [9.17, 15) is 9.18 Å². The number of carbonyl (C=O) groups excluding carboxylic acids is 1. The fraction of sp³-hybridized carbons (Fsp3) is 0.444. The van der Waals surface area contributed by atoms with Crippen molar-refractivity contribution < 1.29 is 18.7 Å². The zero-order valence-corrected chi connectivity index (χ0v) is 14.2. The Labute approximate surface area is 135 Å². The molecule has 2 rings (SSSR count). The molecule has 2 aromatic rings. The predicted molar refractivity (Wildman–Crippen MR) is 87.2 cm³/mol. The molecule has 4 nitrogen and oxygen atoms in total. The fourth-order valence-electron chi connectivity index (χ4n) is 2.57. The number of halogens is 1. The Kier molecular flexibility index (Phi) is 5.31. The molecule has 0 radical (unpaired) electrons. The number of nitrogens with zero attached hydrogens (tertiary/aromatic N) is 1. The van der Waals surface area contributed by atoms with E-state index in [1.807, 2.05) is 6.92 Å². The lowest BCUT2D eigenvalue weighted by Gasteiger charge is -2.17. The molecule has 0 fully saturated rings. The van der Waals surface area contributed by atoms with E-state index in [1.165, 1.54) is 13.2 Å². The maximum atomic E-state index is 14.3. The number of ether oxygens (including phenoxy) is 2. The molecule has 0 saturated heterocycles. The van der Waals surface area contributed by atoms with Crippen LogP contribution in [0.5, 0.6) is 5.75 Å². The van der Waals surface area contributed by atoms with Gasteiger partial charge in [-0.05, 0) is 37.8 Å². The van der Waals surface area contributed by atoms with Gasteiger partial charge in [0.05, 0.1) is 0 Å². The van der Waals surface area contributed by atoms with Crippen molar-refractivity contribution in [3.63, 3.8) is 0 Å². The highest BCUT2D eigenvalue weighted by Gasteiger charge is 2.20. The number of hydrogen-bond acceptors (Lipinski definition) is 4. The molecule has 0 spiro atoms. The summed E-state index contributed by atoms with van der Waals surface area (Å²) in [6.07, 6.45) is 0.746. The van der Waals surface area contributed by atoms with E-state index >= 15 is 0 Å². The van der Waals surface area contributed by atoms with Gasteiger partial charge in [-0.2, -0.15) is 0 Å². The zero-order valence-electron chi connectivity index (χ0n) is 14.2. The Balaban J connectivity index is 2.72. The largest absolute Gasteiger partial charge is 0.424 e. The van der Waals surface area contributed by atoms with E-state index in [0.29, 0.717) is 22.7 Å². The normalized spacial score (nSPS) is 11.3. The summed E-state index contributed by atoms with van der Waals surface area (Å²) in [5.41, 5.74) is 2.54. The van der Waals surface area contributed by atoms with Crippen LogP contribution in [-0.2, 0) is 16.0 Å². The van der Waals surface area contributed by atoms with Crippen LogP contribution in [0.4, 0.5) is 4.39 Å². The second kappa shape index (κ2) is 7.04. The van der Waals surface area contributed by atoms with Crippen molar-refractivity contribution in [2.45, 2.75) is 34.1 Å². The van der Waals surface area contributed by atoms with Crippen LogP contribution in [0.1, 0.15) is 30.7 Å². The second-order valence-corrected chi connectivity index (χ2v) is 6.09. The van der Waals surface area contributed by atoms with E-state index in [2.05, 4.69) is 18.8 Å². The molecule has 0 amide bonds. The van der Waals surface area contributed by atoms with Crippen LogP contribution in [0.25, 0.3) is 10.9 Å². The molecule has 5 heteroatoms. The average Bonchev–Trinajstić information content (AvgIpc) is 2.47. The number of esters is 1. The quantitative estimate of drug-likeness (QED) is 0.788. The highest BCUT2D eigenvalue weighted by Crippen LogP contribution is 2.35. The van der Waals surface area contributed by atoms with Gasteiger partial charge in [0.25, 0.3) is 0 Å². The maximum Gasteiger partial charge on any atom is 0.337 e. The van der Waals surface area contributed by atoms with Gasteiger partial charge < -0.3 is 9.47 Å². The van der Waals surface area contributed by atoms with Gasteiger partial charge in [-0.25, -0.2) is 14.2 Å². The third-order valence-corrected chi connectivity index (χ3v) is 3.71. The summed E-state index contributed by atoms with van der Waals surface area (Å²) in [6.45, 7) is 7.61. The first-order valence-corrected chi connectivity index (χ1v) is 7.63. The van der Waals surface area contributed by atoms with Crippen LogP contribution in [-0.4, -0.2) is 24.7 Å². The van der Waals surface area contributed by atoms with E-state index in [-0.39, 0.29) is 12.1 Å². The number of hydrogen-bond donors (Lipinski definition) is 0. The molecule has 0 aliphatic heterocycles. The molecule has 0 saturated carbocycles. The molecular formula is C18H22FNO3. The summed E-state index contributed by atoms with van der Waals surface area (Å²) in [7, 11) is 1.42. The third-order valence-electron chi connectivity index (χ3n) is 3.71. The number of fused-ring (bicyclic) bond motifs is 1. The highest BCUT2D eigenvalue weighted by atomic mass is 19.1. The molecule has 23 heavy (non-hydrogen) atoms. The Morgan fingerprint density at radius 2 is 2.00 bits per heavy atom. The monoisotopic (exact) mass is 319 g/mol. The summed E-state index contributed by atoms with van der Waals surface area (Å²) < 4.78 is 24.6. The van der Waals surface area contributed by atoms with E-state index < -0.39 is 11.8 Å². The van der Waals surface area contributed by atoms with Crippen LogP contribution < -0.4 is 4.74 Å². The standard InChI is InChI=1S/C18H22FNO3/c1-10(2)8-13-6-7-14(19)17-16(13)18(11(3)12(4)20-17)23-15(21)9-22-5/h6-7,10H,8-9H2,1-5H3. The van der Waals surface area contributed by atoms with Gasteiger partial charge in [0.1, 0.15) is 23.7 Å². The lowest BCUT2D eigenvalue weighted by molar-refractivity contribution is -0.138. The molecule has 0 bridgehead atoms. The summed E-state index contributed by atoms with van der Waals surface area (Å²) in [5.74, 6) is -0.167.